The SMILES string of the molecule is C[Si](C)(c1ccccc1)[C@@H]1CC2(C[C@@]3(O)CCCC[C@@]13CO)OCCO2. The van der Waals surface area contributed by atoms with Crippen molar-refractivity contribution in [1.82, 2.24) is 0 Å². The van der Waals surface area contributed by atoms with Crippen LogP contribution in [0.2, 0.25) is 18.6 Å². The standard InChI is InChI=1S/C21H32O4Si/c1-26(2,17-8-4-3-5-9-17)18-14-21(24-12-13-25-21)15-20(23)11-7-6-10-19(18,20)16-22/h3-5,8-9,18,22-23H,6-7,10-16H2,1-2H3/t18-,19-,20+/m1/s1. The van der Waals surface area contributed by atoms with Crippen molar-refractivity contribution in [3.8, 4) is 0 Å². The maximum atomic E-state index is 11.9. The second-order valence-corrected chi connectivity index (χ2v) is 13.9. The Morgan fingerprint density at radius 1 is 1.08 bits per heavy atom. The van der Waals surface area contributed by atoms with Crippen molar-refractivity contribution in [3.05, 3.63) is 30.3 Å². The van der Waals surface area contributed by atoms with Crippen LogP contribution in [0.4, 0.5) is 0 Å². The summed E-state index contributed by atoms with van der Waals surface area (Å²) in [7, 11) is -2.00. The fraction of sp³-hybridized carbons (Fsp3) is 0.714. The molecule has 0 bridgehead atoms. The minimum Gasteiger partial charge on any atom is -0.396 e. The van der Waals surface area contributed by atoms with E-state index in [1.165, 1.54) is 5.19 Å². The summed E-state index contributed by atoms with van der Waals surface area (Å²) >= 11 is 0. The molecule has 2 aliphatic carbocycles. The van der Waals surface area contributed by atoms with E-state index >= 15 is 0 Å². The van der Waals surface area contributed by atoms with Crippen molar-refractivity contribution in [2.24, 2.45) is 5.41 Å². The number of fused-ring (bicyclic) bond motifs is 1. The van der Waals surface area contributed by atoms with Crippen LogP contribution in [0.3, 0.4) is 0 Å². The van der Waals surface area contributed by atoms with Crippen LogP contribution in [-0.4, -0.2) is 49.5 Å². The lowest BCUT2D eigenvalue weighted by atomic mass is 9.55. The van der Waals surface area contributed by atoms with E-state index in [1.807, 2.05) is 0 Å². The van der Waals surface area contributed by atoms with Gasteiger partial charge in [0.05, 0.1) is 33.5 Å². The molecule has 1 heterocycles. The Morgan fingerprint density at radius 2 is 1.73 bits per heavy atom. The molecule has 3 atom stereocenters. The molecule has 5 heteroatoms. The van der Waals surface area contributed by atoms with Crippen LogP contribution in [0, 0.1) is 5.41 Å². The van der Waals surface area contributed by atoms with Gasteiger partial charge >= 0.3 is 0 Å². The molecule has 0 aromatic heterocycles. The van der Waals surface area contributed by atoms with E-state index in [2.05, 4.69) is 43.4 Å². The van der Waals surface area contributed by atoms with E-state index in [0.717, 1.165) is 32.1 Å². The first-order chi connectivity index (χ1) is 12.4. The molecule has 0 unspecified atom stereocenters. The molecule has 1 aromatic rings. The molecule has 4 rings (SSSR count). The van der Waals surface area contributed by atoms with Gasteiger partial charge in [-0.15, -0.1) is 0 Å². The predicted octanol–water partition coefficient (Wildman–Crippen LogP) is 2.79. The summed E-state index contributed by atoms with van der Waals surface area (Å²) in [5.74, 6) is -0.672. The third-order valence-corrected chi connectivity index (χ3v) is 11.9. The van der Waals surface area contributed by atoms with Gasteiger partial charge in [0.2, 0.25) is 0 Å². The highest BCUT2D eigenvalue weighted by molar-refractivity contribution is 6.91. The average Bonchev–Trinajstić information content (AvgIpc) is 3.08. The van der Waals surface area contributed by atoms with Crippen LogP contribution in [0.25, 0.3) is 0 Å². The Kier molecular flexibility index (Phi) is 4.60. The Balaban J connectivity index is 1.83. The fourth-order valence-electron chi connectivity index (χ4n) is 6.19. The van der Waals surface area contributed by atoms with Crippen molar-refractivity contribution in [1.29, 1.82) is 0 Å². The van der Waals surface area contributed by atoms with Gasteiger partial charge in [-0.25, -0.2) is 0 Å². The van der Waals surface area contributed by atoms with Gasteiger partial charge in [0.25, 0.3) is 0 Å². The third-order valence-electron chi connectivity index (χ3n) is 7.62. The fourth-order valence-corrected chi connectivity index (χ4v) is 10.4. The lowest BCUT2D eigenvalue weighted by molar-refractivity contribution is -0.270. The minimum atomic E-state index is -2.00. The Labute approximate surface area is 157 Å². The van der Waals surface area contributed by atoms with Crippen LogP contribution < -0.4 is 5.19 Å². The number of aliphatic hydroxyl groups is 2. The molecule has 1 spiro atoms. The van der Waals surface area contributed by atoms with Gasteiger partial charge in [-0.1, -0.05) is 61.5 Å². The highest BCUT2D eigenvalue weighted by Crippen LogP contribution is 2.64. The second kappa shape index (κ2) is 6.42. The van der Waals surface area contributed by atoms with Crippen molar-refractivity contribution in [3.63, 3.8) is 0 Å². The van der Waals surface area contributed by atoms with Gasteiger partial charge in [-0.05, 0) is 18.4 Å². The van der Waals surface area contributed by atoms with Crippen molar-refractivity contribution in [2.45, 2.75) is 68.5 Å². The molecule has 1 aromatic carbocycles. The molecule has 0 radical (unpaired) electrons. The zero-order chi connectivity index (χ0) is 18.5. The van der Waals surface area contributed by atoms with Crippen LogP contribution in [0.5, 0.6) is 0 Å². The number of hydrogen-bond acceptors (Lipinski definition) is 4. The summed E-state index contributed by atoms with van der Waals surface area (Å²) in [6.07, 6.45) is 4.99. The molecule has 1 aliphatic heterocycles. The van der Waals surface area contributed by atoms with Crippen LogP contribution in [-0.2, 0) is 9.47 Å². The maximum Gasteiger partial charge on any atom is 0.171 e. The van der Waals surface area contributed by atoms with Gasteiger partial charge in [0, 0.05) is 18.3 Å². The quantitative estimate of drug-likeness (QED) is 0.797. The molecule has 4 nitrogen and oxygen atoms in total. The molecule has 0 amide bonds. The van der Waals surface area contributed by atoms with E-state index in [0.29, 0.717) is 19.6 Å². The highest BCUT2D eigenvalue weighted by atomic mass is 28.3. The second-order valence-electron chi connectivity index (χ2n) is 9.18. The molecule has 3 fully saturated rings. The summed E-state index contributed by atoms with van der Waals surface area (Å²) in [6, 6.07) is 10.7. The van der Waals surface area contributed by atoms with Gasteiger partial charge in [-0.3, -0.25) is 0 Å². The molecular weight excluding hydrogens is 344 g/mol. The predicted molar refractivity (Wildman–Crippen MR) is 104 cm³/mol. The van der Waals surface area contributed by atoms with Crippen molar-refractivity contribution in [2.75, 3.05) is 19.8 Å². The van der Waals surface area contributed by atoms with Gasteiger partial charge in [0.15, 0.2) is 5.79 Å². The molecular formula is C21H32O4Si. The smallest absolute Gasteiger partial charge is 0.171 e. The lowest BCUT2D eigenvalue weighted by Crippen LogP contribution is -2.69. The van der Waals surface area contributed by atoms with E-state index in [4.69, 9.17) is 9.47 Å². The van der Waals surface area contributed by atoms with Crippen LogP contribution in [0.15, 0.2) is 30.3 Å². The monoisotopic (exact) mass is 376 g/mol. The van der Waals surface area contributed by atoms with Gasteiger partial charge < -0.3 is 19.7 Å². The van der Waals surface area contributed by atoms with Crippen LogP contribution in [0.1, 0.15) is 38.5 Å². The molecule has 2 saturated carbocycles. The molecule has 1 saturated heterocycles. The lowest BCUT2D eigenvalue weighted by Gasteiger charge is -2.63. The van der Waals surface area contributed by atoms with Gasteiger partial charge in [0.1, 0.15) is 0 Å². The number of aliphatic hydroxyl groups excluding tert-OH is 1. The Hall–Kier alpha value is -0.723. The van der Waals surface area contributed by atoms with E-state index in [9.17, 15) is 10.2 Å². The summed E-state index contributed by atoms with van der Waals surface area (Å²) in [5, 5.41) is 23.9. The number of benzene rings is 1. The average molecular weight is 377 g/mol. The first-order valence-corrected chi connectivity index (χ1v) is 13.1. The zero-order valence-electron chi connectivity index (χ0n) is 16.0. The summed E-state index contributed by atoms with van der Waals surface area (Å²) < 4.78 is 12.2. The maximum absolute atomic E-state index is 11.9. The largest absolute Gasteiger partial charge is 0.396 e. The molecule has 2 N–H and O–H groups in total. The first-order valence-electron chi connectivity index (χ1n) is 10.0. The summed E-state index contributed by atoms with van der Waals surface area (Å²) in [4.78, 5) is 0. The number of hydrogen-bond donors (Lipinski definition) is 2. The summed E-state index contributed by atoms with van der Waals surface area (Å²) in [5.41, 5.74) is -1.15. The number of rotatable bonds is 3. The van der Waals surface area contributed by atoms with E-state index in [1.54, 1.807) is 0 Å². The van der Waals surface area contributed by atoms with Crippen molar-refractivity contribution >= 4 is 13.3 Å². The number of ether oxygens (including phenoxy) is 2. The normalized spacial score (nSPS) is 36.8. The van der Waals surface area contributed by atoms with Crippen molar-refractivity contribution < 1.29 is 19.7 Å². The van der Waals surface area contributed by atoms with E-state index in [-0.39, 0.29) is 12.1 Å². The third kappa shape index (κ3) is 2.63. The zero-order valence-corrected chi connectivity index (χ0v) is 17.0. The van der Waals surface area contributed by atoms with Gasteiger partial charge in [-0.2, -0.15) is 0 Å². The Morgan fingerprint density at radius 3 is 2.38 bits per heavy atom. The molecule has 144 valence electrons. The Bertz CT molecular complexity index is 643. The topological polar surface area (TPSA) is 58.9 Å². The first kappa shape index (κ1) is 18.6. The minimum absolute atomic E-state index is 0.0491. The highest BCUT2D eigenvalue weighted by Gasteiger charge is 2.67. The van der Waals surface area contributed by atoms with E-state index < -0.39 is 24.9 Å². The summed E-state index contributed by atoms with van der Waals surface area (Å²) in [6.45, 7) is 6.01. The molecule has 26 heavy (non-hydrogen) atoms. The molecule has 3 aliphatic rings. The van der Waals surface area contributed by atoms with Crippen LogP contribution >= 0.6 is 0 Å².